The second-order valence-corrected chi connectivity index (χ2v) is 6.90. The molecule has 1 heterocycles. The SMILES string of the molecule is Cc1ccc(N2CCN(C(=O)NCc3ccccc3C)CC2)cc1Cl. The molecule has 1 fully saturated rings. The van der Waals surface area contributed by atoms with Gasteiger partial charge in [-0.1, -0.05) is 41.9 Å². The van der Waals surface area contributed by atoms with Gasteiger partial charge in [0, 0.05) is 43.4 Å². The average Bonchev–Trinajstić information content (AvgIpc) is 2.63. The number of aryl methyl sites for hydroxylation is 2. The summed E-state index contributed by atoms with van der Waals surface area (Å²) in [5.74, 6) is 0. The van der Waals surface area contributed by atoms with Gasteiger partial charge in [-0.2, -0.15) is 0 Å². The van der Waals surface area contributed by atoms with Crippen molar-refractivity contribution in [3.8, 4) is 0 Å². The summed E-state index contributed by atoms with van der Waals surface area (Å²) < 4.78 is 0. The molecule has 5 heteroatoms. The number of rotatable bonds is 3. The lowest BCUT2D eigenvalue weighted by Gasteiger charge is -2.36. The van der Waals surface area contributed by atoms with Crippen molar-refractivity contribution < 1.29 is 4.79 Å². The zero-order valence-corrected chi connectivity index (χ0v) is 15.5. The summed E-state index contributed by atoms with van der Waals surface area (Å²) in [7, 11) is 0. The third-order valence-corrected chi connectivity index (χ3v) is 5.19. The third kappa shape index (κ3) is 4.26. The predicted octanol–water partition coefficient (Wildman–Crippen LogP) is 3.99. The van der Waals surface area contributed by atoms with Crippen LogP contribution in [0.15, 0.2) is 42.5 Å². The van der Waals surface area contributed by atoms with Crippen LogP contribution in [-0.2, 0) is 6.54 Å². The maximum absolute atomic E-state index is 12.4. The van der Waals surface area contributed by atoms with Crippen molar-refractivity contribution in [3.63, 3.8) is 0 Å². The van der Waals surface area contributed by atoms with Crippen molar-refractivity contribution in [2.45, 2.75) is 20.4 Å². The number of urea groups is 1. The molecule has 0 atom stereocenters. The Bertz CT molecular complexity index is 754. The lowest BCUT2D eigenvalue weighted by molar-refractivity contribution is 0.194. The van der Waals surface area contributed by atoms with E-state index in [0.717, 1.165) is 34.9 Å². The second kappa shape index (κ2) is 7.79. The van der Waals surface area contributed by atoms with Gasteiger partial charge >= 0.3 is 6.03 Å². The first kappa shape index (κ1) is 17.6. The molecule has 0 bridgehead atoms. The fourth-order valence-corrected chi connectivity index (χ4v) is 3.21. The number of anilines is 1. The van der Waals surface area contributed by atoms with Crippen LogP contribution in [0.2, 0.25) is 5.02 Å². The lowest BCUT2D eigenvalue weighted by Crippen LogP contribution is -2.51. The van der Waals surface area contributed by atoms with Crippen LogP contribution >= 0.6 is 11.6 Å². The highest BCUT2D eigenvalue weighted by molar-refractivity contribution is 6.31. The minimum absolute atomic E-state index is 0.00448. The molecule has 2 aromatic rings. The van der Waals surface area contributed by atoms with Crippen LogP contribution < -0.4 is 10.2 Å². The standard InChI is InChI=1S/C20H24ClN3O/c1-15-5-3-4-6-17(15)14-22-20(25)24-11-9-23(10-12-24)18-8-7-16(2)19(21)13-18/h3-8,13H,9-12,14H2,1-2H3,(H,22,25). The molecule has 3 rings (SSSR count). The molecule has 0 unspecified atom stereocenters. The summed E-state index contributed by atoms with van der Waals surface area (Å²) in [6.45, 7) is 7.69. The van der Waals surface area contributed by atoms with Crippen LogP contribution in [0.1, 0.15) is 16.7 Å². The molecule has 0 saturated carbocycles. The van der Waals surface area contributed by atoms with Crippen LogP contribution in [0.3, 0.4) is 0 Å². The van der Waals surface area contributed by atoms with Crippen LogP contribution in [0.4, 0.5) is 10.5 Å². The number of carbonyl (C=O) groups excluding carboxylic acids is 1. The van der Waals surface area contributed by atoms with Crippen molar-refractivity contribution in [2.24, 2.45) is 0 Å². The zero-order chi connectivity index (χ0) is 17.8. The number of hydrogen-bond donors (Lipinski definition) is 1. The number of benzene rings is 2. The molecular weight excluding hydrogens is 334 g/mol. The van der Waals surface area contributed by atoms with Crippen molar-refractivity contribution in [3.05, 3.63) is 64.2 Å². The number of carbonyl (C=O) groups is 1. The van der Waals surface area contributed by atoms with Gasteiger partial charge in [-0.3, -0.25) is 0 Å². The molecule has 0 aliphatic carbocycles. The van der Waals surface area contributed by atoms with E-state index in [4.69, 9.17) is 11.6 Å². The summed E-state index contributed by atoms with van der Waals surface area (Å²) >= 11 is 6.22. The highest BCUT2D eigenvalue weighted by atomic mass is 35.5. The number of piperazine rings is 1. The molecule has 1 aliphatic rings. The molecule has 132 valence electrons. The normalized spacial score (nSPS) is 14.5. The Morgan fingerprint density at radius 2 is 1.76 bits per heavy atom. The average molecular weight is 358 g/mol. The molecule has 2 amide bonds. The van der Waals surface area contributed by atoms with E-state index in [0.29, 0.717) is 19.6 Å². The van der Waals surface area contributed by atoms with E-state index in [1.165, 1.54) is 5.56 Å². The minimum atomic E-state index is 0.00448. The van der Waals surface area contributed by atoms with Gasteiger partial charge in [0.05, 0.1) is 0 Å². The van der Waals surface area contributed by atoms with Crippen molar-refractivity contribution >= 4 is 23.3 Å². The molecular formula is C20H24ClN3O. The Hall–Kier alpha value is -2.20. The zero-order valence-electron chi connectivity index (χ0n) is 14.8. The molecule has 2 aromatic carbocycles. The monoisotopic (exact) mass is 357 g/mol. The minimum Gasteiger partial charge on any atom is -0.368 e. The fourth-order valence-electron chi connectivity index (χ4n) is 3.04. The summed E-state index contributed by atoms with van der Waals surface area (Å²) in [6.07, 6.45) is 0. The molecule has 1 saturated heterocycles. The Morgan fingerprint density at radius 1 is 1.04 bits per heavy atom. The van der Waals surface area contributed by atoms with Crippen LogP contribution in [0, 0.1) is 13.8 Å². The van der Waals surface area contributed by atoms with Crippen molar-refractivity contribution in [1.29, 1.82) is 0 Å². The Labute approximate surface area is 154 Å². The summed E-state index contributed by atoms with van der Waals surface area (Å²) in [6, 6.07) is 14.3. The van der Waals surface area contributed by atoms with E-state index in [2.05, 4.69) is 35.3 Å². The predicted molar refractivity (Wildman–Crippen MR) is 103 cm³/mol. The number of amides is 2. The summed E-state index contributed by atoms with van der Waals surface area (Å²) in [4.78, 5) is 16.6. The van der Waals surface area contributed by atoms with E-state index < -0.39 is 0 Å². The molecule has 1 N–H and O–H groups in total. The maximum Gasteiger partial charge on any atom is 0.317 e. The van der Waals surface area contributed by atoms with Gasteiger partial charge in [-0.25, -0.2) is 4.79 Å². The van der Waals surface area contributed by atoms with Crippen LogP contribution in [0.25, 0.3) is 0 Å². The van der Waals surface area contributed by atoms with Crippen molar-refractivity contribution in [1.82, 2.24) is 10.2 Å². The van der Waals surface area contributed by atoms with E-state index in [1.807, 2.05) is 36.1 Å². The van der Waals surface area contributed by atoms with Crippen LogP contribution in [-0.4, -0.2) is 37.1 Å². The van der Waals surface area contributed by atoms with Crippen molar-refractivity contribution in [2.75, 3.05) is 31.1 Å². The van der Waals surface area contributed by atoms with E-state index in [1.54, 1.807) is 0 Å². The van der Waals surface area contributed by atoms with Gasteiger partial charge in [-0.05, 0) is 42.7 Å². The van der Waals surface area contributed by atoms with Gasteiger partial charge in [0.25, 0.3) is 0 Å². The molecule has 4 nitrogen and oxygen atoms in total. The van der Waals surface area contributed by atoms with E-state index in [-0.39, 0.29) is 6.03 Å². The van der Waals surface area contributed by atoms with Crippen LogP contribution in [0.5, 0.6) is 0 Å². The lowest BCUT2D eigenvalue weighted by atomic mass is 10.1. The van der Waals surface area contributed by atoms with E-state index >= 15 is 0 Å². The van der Waals surface area contributed by atoms with E-state index in [9.17, 15) is 4.79 Å². The first-order valence-electron chi connectivity index (χ1n) is 8.63. The van der Waals surface area contributed by atoms with Gasteiger partial charge in [0.1, 0.15) is 0 Å². The largest absolute Gasteiger partial charge is 0.368 e. The van der Waals surface area contributed by atoms with Gasteiger partial charge in [-0.15, -0.1) is 0 Å². The molecule has 0 radical (unpaired) electrons. The first-order valence-corrected chi connectivity index (χ1v) is 9.01. The number of nitrogens with zero attached hydrogens (tertiary/aromatic N) is 2. The summed E-state index contributed by atoms with van der Waals surface area (Å²) in [5.41, 5.74) is 4.56. The molecule has 0 aromatic heterocycles. The first-order chi connectivity index (χ1) is 12.0. The molecule has 25 heavy (non-hydrogen) atoms. The fraction of sp³-hybridized carbons (Fsp3) is 0.350. The van der Waals surface area contributed by atoms with Gasteiger partial charge in [0.15, 0.2) is 0 Å². The van der Waals surface area contributed by atoms with Gasteiger partial charge < -0.3 is 15.1 Å². The number of halogens is 1. The third-order valence-electron chi connectivity index (χ3n) is 4.78. The highest BCUT2D eigenvalue weighted by Gasteiger charge is 2.21. The van der Waals surface area contributed by atoms with Gasteiger partial charge in [0.2, 0.25) is 0 Å². The Balaban J connectivity index is 1.52. The maximum atomic E-state index is 12.4. The molecule has 0 spiro atoms. The number of nitrogens with one attached hydrogen (secondary N) is 1. The second-order valence-electron chi connectivity index (χ2n) is 6.49. The Morgan fingerprint density at radius 3 is 2.44 bits per heavy atom. The molecule has 1 aliphatic heterocycles. The highest BCUT2D eigenvalue weighted by Crippen LogP contribution is 2.24. The smallest absolute Gasteiger partial charge is 0.317 e. The number of hydrogen-bond acceptors (Lipinski definition) is 2. The quantitative estimate of drug-likeness (QED) is 0.901. The Kier molecular flexibility index (Phi) is 5.49. The summed E-state index contributed by atoms with van der Waals surface area (Å²) in [5, 5.41) is 3.82. The topological polar surface area (TPSA) is 35.6 Å².